The summed E-state index contributed by atoms with van der Waals surface area (Å²) in [5.41, 5.74) is 0. The highest BCUT2D eigenvalue weighted by Gasteiger charge is 2.26. The summed E-state index contributed by atoms with van der Waals surface area (Å²) >= 11 is 0. The van der Waals surface area contributed by atoms with Crippen molar-refractivity contribution in [3.63, 3.8) is 0 Å². The molecule has 0 N–H and O–H groups in total. The summed E-state index contributed by atoms with van der Waals surface area (Å²) in [6, 6.07) is 0. The molecule has 0 aromatic heterocycles. The topological polar surface area (TPSA) is 26.3 Å². The Kier molecular flexibility index (Phi) is 10.6. The second-order valence-electron chi connectivity index (χ2n) is 6.80. The van der Waals surface area contributed by atoms with Gasteiger partial charge in [-0.15, -0.1) is 0 Å². The number of ether oxygens (including phenoxy) is 1. The molecule has 0 spiro atoms. The molecule has 2 nitrogen and oxygen atoms in total. The summed E-state index contributed by atoms with van der Waals surface area (Å²) in [4.78, 5) is 12.0. The maximum Gasteiger partial charge on any atom is 0.308 e. The zero-order valence-corrected chi connectivity index (χ0v) is 14.4. The highest BCUT2D eigenvalue weighted by molar-refractivity contribution is 5.72. The van der Waals surface area contributed by atoms with Crippen LogP contribution in [0.5, 0.6) is 0 Å². The van der Waals surface area contributed by atoms with Crippen LogP contribution in [-0.2, 0) is 9.53 Å². The highest BCUT2D eigenvalue weighted by atomic mass is 16.5. The first kappa shape index (κ1) is 18.5. The van der Waals surface area contributed by atoms with Crippen molar-refractivity contribution >= 4 is 5.97 Å². The van der Waals surface area contributed by atoms with Crippen LogP contribution in [0.15, 0.2) is 0 Å². The van der Waals surface area contributed by atoms with Gasteiger partial charge in [-0.25, -0.2) is 0 Å². The molecule has 0 aromatic carbocycles. The Labute approximate surface area is 132 Å². The molecule has 124 valence electrons. The Bertz CT molecular complexity index is 254. The Hall–Kier alpha value is -0.530. The standard InChI is InChI=1S/C19H36O2/c1-3-5-6-7-8-9-10-16-21-19(20)18-14-12-17(11-4-2)13-15-18/h17-18H,3-16H2,1-2H3. The first-order valence-electron chi connectivity index (χ1n) is 9.44. The van der Waals surface area contributed by atoms with Crippen molar-refractivity contribution in [2.45, 2.75) is 97.3 Å². The van der Waals surface area contributed by atoms with Crippen LogP contribution in [-0.4, -0.2) is 12.6 Å². The average Bonchev–Trinajstić information content (AvgIpc) is 2.51. The molecule has 21 heavy (non-hydrogen) atoms. The summed E-state index contributed by atoms with van der Waals surface area (Å²) in [5, 5.41) is 0. The Morgan fingerprint density at radius 3 is 2.10 bits per heavy atom. The molecule has 1 fully saturated rings. The van der Waals surface area contributed by atoms with Crippen molar-refractivity contribution in [3.05, 3.63) is 0 Å². The van der Waals surface area contributed by atoms with E-state index in [0.717, 1.165) is 25.2 Å². The van der Waals surface area contributed by atoms with Gasteiger partial charge >= 0.3 is 5.97 Å². The van der Waals surface area contributed by atoms with Gasteiger partial charge in [-0.2, -0.15) is 0 Å². The van der Waals surface area contributed by atoms with Gasteiger partial charge in [-0.05, 0) is 38.0 Å². The van der Waals surface area contributed by atoms with Crippen molar-refractivity contribution in [1.82, 2.24) is 0 Å². The molecule has 0 saturated heterocycles. The lowest BCUT2D eigenvalue weighted by Crippen LogP contribution is -2.24. The quantitative estimate of drug-likeness (QED) is 0.351. The molecule has 1 aliphatic carbocycles. The lowest BCUT2D eigenvalue weighted by Gasteiger charge is -2.26. The van der Waals surface area contributed by atoms with Gasteiger partial charge in [0.15, 0.2) is 0 Å². The van der Waals surface area contributed by atoms with Crippen molar-refractivity contribution in [3.8, 4) is 0 Å². The van der Waals surface area contributed by atoms with Crippen molar-refractivity contribution in [2.24, 2.45) is 11.8 Å². The van der Waals surface area contributed by atoms with Crippen molar-refractivity contribution in [2.75, 3.05) is 6.61 Å². The van der Waals surface area contributed by atoms with Gasteiger partial charge < -0.3 is 4.74 Å². The molecule has 0 heterocycles. The zero-order valence-electron chi connectivity index (χ0n) is 14.4. The van der Waals surface area contributed by atoms with E-state index in [4.69, 9.17) is 4.74 Å². The molecular weight excluding hydrogens is 260 g/mol. The summed E-state index contributed by atoms with van der Waals surface area (Å²) in [7, 11) is 0. The van der Waals surface area contributed by atoms with Crippen LogP contribution in [0.25, 0.3) is 0 Å². The van der Waals surface area contributed by atoms with Crippen molar-refractivity contribution < 1.29 is 9.53 Å². The summed E-state index contributed by atoms with van der Waals surface area (Å²) < 4.78 is 5.47. The Morgan fingerprint density at radius 1 is 0.857 bits per heavy atom. The summed E-state index contributed by atoms with van der Waals surface area (Å²) in [5.74, 6) is 1.14. The summed E-state index contributed by atoms with van der Waals surface area (Å²) in [6.45, 7) is 5.14. The molecule has 0 aliphatic heterocycles. The fourth-order valence-corrected chi connectivity index (χ4v) is 3.44. The molecule has 1 saturated carbocycles. The van der Waals surface area contributed by atoms with E-state index >= 15 is 0 Å². The molecule has 0 bridgehead atoms. The molecule has 2 heteroatoms. The monoisotopic (exact) mass is 296 g/mol. The Balaban J connectivity index is 1.97. The van der Waals surface area contributed by atoms with Crippen LogP contribution in [0.4, 0.5) is 0 Å². The molecule has 1 rings (SSSR count). The van der Waals surface area contributed by atoms with Crippen LogP contribution >= 0.6 is 0 Å². The number of hydrogen-bond acceptors (Lipinski definition) is 2. The second kappa shape index (κ2) is 12.1. The smallest absolute Gasteiger partial charge is 0.308 e. The lowest BCUT2D eigenvalue weighted by atomic mass is 9.80. The predicted octanol–water partition coefficient (Wildman–Crippen LogP) is 5.89. The van der Waals surface area contributed by atoms with Gasteiger partial charge in [0, 0.05) is 0 Å². The van der Waals surface area contributed by atoms with Gasteiger partial charge in [0.2, 0.25) is 0 Å². The average molecular weight is 296 g/mol. The van der Waals surface area contributed by atoms with Gasteiger partial charge in [0.05, 0.1) is 12.5 Å². The third kappa shape index (κ3) is 8.48. The van der Waals surface area contributed by atoms with E-state index in [1.807, 2.05) is 0 Å². The van der Waals surface area contributed by atoms with E-state index in [1.165, 1.54) is 64.2 Å². The van der Waals surface area contributed by atoms with Gasteiger partial charge in [0.1, 0.15) is 0 Å². The van der Waals surface area contributed by atoms with Gasteiger partial charge in [-0.1, -0.05) is 65.2 Å². The maximum atomic E-state index is 12.0. The third-order valence-corrected chi connectivity index (χ3v) is 4.87. The molecule has 0 unspecified atom stereocenters. The fourth-order valence-electron chi connectivity index (χ4n) is 3.44. The van der Waals surface area contributed by atoms with E-state index in [0.29, 0.717) is 6.61 Å². The predicted molar refractivity (Wildman–Crippen MR) is 89.3 cm³/mol. The van der Waals surface area contributed by atoms with E-state index in [-0.39, 0.29) is 11.9 Å². The van der Waals surface area contributed by atoms with Crippen molar-refractivity contribution in [1.29, 1.82) is 0 Å². The normalized spacial score (nSPS) is 22.2. The number of esters is 1. The van der Waals surface area contributed by atoms with E-state index < -0.39 is 0 Å². The molecule has 0 amide bonds. The largest absolute Gasteiger partial charge is 0.465 e. The number of unbranched alkanes of at least 4 members (excludes halogenated alkanes) is 6. The van der Waals surface area contributed by atoms with Gasteiger partial charge in [-0.3, -0.25) is 4.79 Å². The van der Waals surface area contributed by atoms with Crippen LogP contribution < -0.4 is 0 Å². The summed E-state index contributed by atoms with van der Waals surface area (Å²) in [6.07, 6.45) is 16.1. The first-order chi connectivity index (χ1) is 10.3. The minimum Gasteiger partial charge on any atom is -0.465 e. The van der Waals surface area contributed by atoms with E-state index in [1.54, 1.807) is 0 Å². The van der Waals surface area contributed by atoms with Gasteiger partial charge in [0.25, 0.3) is 0 Å². The SMILES string of the molecule is CCCCCCCCCOC(=O)C1CCC(CCC)CC1. The minimum absolute atomic E-state index is 0.0796. The zero-order chi connectivity index (χ0) is 15.3. The fraction of sp³-hybridized carbons (Fsp3) is 0.947. The van der Waals surface area contributed by atoms with Crippen LogP contribution in [0, 0.1) is 11.8 Å². The number of carbonyl (C=O) groups is 1. The number of hydrogen-bond donors (Lipinski definition) is 0. The van der Waals surface area contributed by atoms with Crippen LogP contribution in [0.3, 0.4) is 0 Å². The third-order valence-electron chi connectivity index (χ3n) is 4.87. The highest BCUT2D eigenvalue weighted by Crippen LogP contribution is 2.32. The maximum absolute atomic E-state index is 12.0. The van der Waals surface area contributed by atoms with E-state index in [9.17, 15) is 4.79 Å². The van der Waals surface area contributed by atoms with Crippen LogP contribution in [0.1, 0.15) is 97.3 Å². The molecule has 0 radical (unpaired) electrons. The first-order valence-corrected chi connectivity index (χ1v) is 9.44. The molecule has 1 aliphatic rings. The minimum atomic E-state index is 0.0796. The molecule has 0 atom stereocenters. The Morgan fingerprint density at radius 2 is 1.48 bits per heavy atom. The molecule has 0 aromatic rings. The number of carbonyl (C=O) groups excluding carboxylic acids is 1. The second-order valence-corrected chi connectivity index (χ2v) is 6.80. The van der Waals surface area contributed by atoms with Crippen LogP contribution in [0.2, 0.25) is 0 Å². The number of rotatable bonds is 11. The lowest BCUT2D eigenvalue weighted by molar-refractivity contribution is -0.150. The molecular formula is C19H36O2. The van der Waals surface area contributed by atoms with E-state index in [2.05, 4.69) is 13.8 Å².